The Morgan fingerprint density at radius 3 is 2.72 bits per heavy atom. The van der Waals surface area contributed by atoms with E-state index in [1.54, 1.807) is 0 Å². The summed E-state index contributed by atoms with van der Waals surface area (Å²) in [5, 5.41) is 0. The van der Waals surface area contributed by atoms with Crippen molar-refractivity contribution in [3.8, 4) is 5.75 Å². The number of fused-ring (bicyclic) bond motifs is 2. The molecule has 0 radical (unpaired) electrons. The van der Waals surface area contributed by atoms with Crippen molar-refractivity contribution in [2.24, 2.45) is 5.41 Å². The zero-order chi connectivity index (χ0) is 20.3. The van der Waals surface area contributed by atoms with E-state index in [4.69, 9.17) is 4.74 Å². The summed E-state index contributed by atoms with van der Waals surface area (Å²) in [7, 11) is 1.94. The number of amides is 1. The molecule has 1 aromatic heterocycles. The van der Waals surface area contributed by atoms with E-state index in [2.05, 4.69) is 40.2 Å². The van der Waals surface area contributed by atoms with Gasteiger partial charge in [-0.25, -0.2) is 0 Å². The van der Waals surface area contributed by atoms with Crippen LogP contribution in [-0.4, -0.2) is 47.4 Å². The molecule has 5 nitrogen and oxygen atoms in total. The highest BCUT2D eigenvalue weighted by molar-refractivity contribution is 5.85. The lowest BCUT2D eigenvalue weighted by molar-refractivity contribution is -0.136. The average molecular weight is 394 g/mol. The molecule has 1 spiro atoms. The number of rotatable bonds is 2. The number of aromatic nitrogens is 1. The number of hydrogen-bond donors (Lipinski definition) is 0. The van der Waals surface area contributed by atoms with Crippen LogP contribution < -0.4 is 4.74 Å². The van der Waals surface area contributed by atoms with Crippen LogP contribution in [-0.2, 0) is 17.9 Å². The Morgan fingerprint density at radius 1 is 1.14 bits per heavy atom. The van der Waals surface area contributed by atoms with E-state index in [1.807, 2.05) is 31.1 Å². The van der Waals surface area contributed by atoms with Crippen LogP contribution in [0.15, 0.2) is 42.6 Å². The minimum absolute atomic E-state index is 0.244. The summed E-state index contributed by atoms with van der Waals surface area (Å²) >= 11 is 0. The monoisotopic (exact) mass is 393 g/mol. The van der Waals surface area contributed by atoms with E-state index in [0.29, 0.717) is 6.61 Å². The van der Waals surface area contributed by atoms with Gasteiger partial charge in [-0.3, -0.25) is 14.7 Å². The maximum Gasteiger partial charge on any atom is 0.231 e. The van der Waals surface area contributed by atoms with Gasteiger partial charge in [0.2, 0.25) is 5.91 Å². The van der Waals surface area contributed by atoms with Crippen molar-refractivity contribution in [3.63, 3.8) is 0 Å². The molecule has 1 fully saturated rings. The van der Waals surface area contributed by atoms with Gasteiger partial charge in [0, 0.05) is 38.6 Å². The van der Waals surface area contributed by atoms with Crippen molar-refractivity contribution in [1.29, 1.82) is 0 Å². The van der Waals surface area contributed by atoms with Crippen LogP contribution in [0.1, 0.15) is 42.5 Å². The minimum atomic E-state index is -0.292. The molecule has 4 rings (SSSR count). The van der Waals surface area contributed by atoms with Gasteiger partial charge in [-0.05, 0) is 68.5 Å². The largest absolute Gasteiger partial charge is 0.492 e. The Kier molecular flexibility index (Phi) is 5.86. The zero-order valence-electron chi connectivity index (χ0n) is 17.6. The fourth-order valence-electron chi connectivity index (χ4n) is 4.04. The quantitative estimate of drug-likeness (QED) is 0.779. The van der Waals surface area contributed by atoms with Crippen molar-refractivity contribution < 1.29 is 9.53 Å². The molecule has 154 valence electrons. The number of carbonyl (C=O) groups is 1. The van der Waals surface area contributed by atoms with Crippen molar-refractivity contribution in [2.45, 2.75) is 45.7 Å². The highest BCUT2D eigenvalue weighted by atomic mass is 16.5. The maximum absolute atomic E-state index is 12.9. The van der Waals surface area contributed by atoms with Crippen LogP contribution in [0.2, 0.25) is 0 Å². The SMILES string of the molecule is Cc1ccc(CN2CCCCN(C)C(=O)C3(CC3)COc3cccc(c3)C2)cn1. The van der Waals surface area contributed by atoms with Gasteiger partial charge in [0.25, 0.3) is 0 Å². The molecule has 1 saturated carbocycles. The van der Waals surface area contributed by atoms with Gasteiger partial charge in [0.1, 0.15) is 12.4 Å². The van der Waals surface area contributed by atoms with Crippen LogP contribution in [0.25, 0.3) is 0 Å². The number of hydrogen-bond acceptors (Lipinski definition) is 4. The summed E-state index contributed by atoms with van der Waals surface area (Å²) in [5.74, 6) is 1.10. The van der Waals surface area contributed by atoms with E-state index >= 15 is 0 Å². The minimum Gasteiger partial charge on any atom is -0.492 e. The van der Waals surface area contributed by atoms with Crippen molar-refractivity contribution in [3.05, 3.63) is 59.4 Å². The first-order valence-electron chi connectivity index (χ1n) is 10.7. The highest BCUT2D eigenvalue weighted by Crippen LogP contribution is 2.47. The molecule has 0 saturated heterocycles. The third kappa shape index (κ3) is 4.96. The van der Waals surface area contributed by atoms with E-state index in [-0.39, 0.29) is 11.3 Å². The molecule has 2 bridgehead atoms. The number of nitrogens with zero attached hydrogens (tertiary/aromatic N) is 3. The number of carbonyl (C=O) groups excluding carboxylic acids is 1. The molecular formula is C24H31N3O2. The summed E-state index contributed by atoms with van der Waals surface area (Å²) in [6.45, 7) is 6.05. The molecular weight excluding hydrogens is 362 g/mol. The van der Waals surface area contributed by atoms with Gasteiger partial charge in [-0.15, -0.1) is 0 Å². The second-order valence-corrected chi connectivity index (χ2v) is 8.67. The number of aryl methyl sites for hydroxylation is 1. The average Bonchev–Trinajstić information content (AvgIpc) is 3.51. The van der Waals surface area contributed by atoms with Gasteiger partial charge >= 0.3 is 0 Å². The van der Waals surface area contributed by atoms with Crippen LogP contribution in [0.5, 0.6) is 5.75 Å². The lowest BCUT2D eigenvalue weighted by Crippen LogP contribution is -2.38. The van der Waals surface area contributed by atoms with Crippen molar-refractivity contribution >= 4 is 5.91 Å². The van der Waals surface area contributed by atoms with Crippen LogP contribution >= 0.6 is 0 Å². The third-order valence-electron chi connectivity index (χ3n) is 6.07. The van der Waals surface area contributed by atoms with Gasteiger partial charge in [0.05, 0.1) is 5.41 Å². The van der Waals surface area contributed by atoms with Crippen LogP contribution in [0.4, 0.5) is 0 Å². The molecule has 2 aliphatic rings. The molecule has 1 aliphatic carbocycles. The fourth-order valence-corrected chi connectivity index (χ4v) is 4.04. The van der Waals surface area contributed by atoms with Gasteiger partial charge in [-0.2, -0.15) is 0 Å². The molecule has 1 aromatic carbocycles. The summed E-state index contributed by atoms with van der Waals surface area (Å²) in [4.78, 5) is 21.7. The van der Waals surface area contributed by atoms with Crippen LogP contribution in [0.3, 0.4) is 0 Å². The number of pyridine rings is 1. The zero-order valence-corrected chi connectivity index (χ0v) is 17.6. The number of ether oxygens (including phenoxy) is 1. The van der Waals surface area contributed by atoms with E-state index in [0.717, 1.165) is 63.3 Å². The standard InChI is InChI=1S/C24H31N3O2/c1-19-8-9-21(15-25-19)17-27-13-4-3-12-26(2)23(28)24(10-11-24)18-29-22-7-5-6-20(14-22)16-27/h5-9,14-15H,3-4,10-13,16-18H2,1-2H3. The highest BCUT2D eigenvalue weighted by Gasteiger charge is 2.52. The Hall–Kier alpha value is -2.40. The number of benzene rings is 1. The lowest BCUT2D eigenvalue weighted by Gasteiger charge is -2.26. The molecule has 2 heterocycles. The van der Waals surface area contributed by atoms with E-state index in [1.165, 1.54) is 11.1 Å². The predicted molar refractivity (Wildman–Crippen MR) is 114 cm³/mol. The third-order valence-corrected chi connectivity index (χ3v) is 6.07. The molecule has 29 heavy (non-hydrogen) atoms. The first kappa shape index (κ1) is 19.9. The van der Waals surface area contributed by atoms with Crippen molar-refractivity contribution in [2.75, 3.05) is 26.7 Å². The van der Waals surface area contributed by atoms with E-state index in [9.17, 15) is 4.79 Å². The molecule has 1 amide bonds. The van der Waals surface area contributed by atoms with Gasteiger partial charge < -0.3 is 9.64 Å². The fraction of sp³-hybridized carbons (Fsp3) is 0.500. The molecule has 5 heteroatoms. The lowest BCUT2D eigenvalue weighted by atomic mass is 10.1. The Bertz CT molecular complexity index is 845. The molecule has 0 atom stereocenters. The second-order valence-electron chi connectivity index (χ2n) is 8.67. The predicted octanol–water partition coefficient (Wildman–Crippen LogP) is 3.80. The topological polar surface area (TPSA) is 45.7 Å². The Balaban J connectivity index is 1.52. The van der Waals surface area contributed by atoms with Gasteiger partial charge in [-0.1, -0.05) is 18.2 Å². The van der Waals surface area contributed by atoms with Crippen LogP contribution in [0, 0.1) is 12.3 Å². The normalized spacial score (nSPS) is 20.2. The summed E-state index contributed by atoms with van der Waals surface area (Å²) in [5.41, 5.74) is 3.22. The second kappa shape index (κ2) is 8.54. The van der Waals surface area contributed by atoms with Gasteiger partial charge in [0.15, 0.2) is 0 Å². The summed E-state index contributed by atoms with van der Waals surface area (Å²) in [6.07, 6.45) is 5.94. The molecule has 1 aliphatic heterocycles. The molecule has 2 aromatic rings. The maximum atomic E-state index is 12.9. The smallest absolute Gasteiger partial charge is 0.231 e. The van der Waals surface area contributed by atoms with Crippen molar-refractivity contribution in [1.82, 2.24) is 14.8 Å². The molecule has 0 unspecified atom stereocenters. The summed E-state index contributed by atoms with van der Waals surface area (Å²) in [6, 6.07) is 12.6. The molecule has 0 N–H and O–H groups in total. The first-order valence-corrected chi connectivity index (χ1v) is 10.7. The Labute approximate surface area is 173 Å². The van der Waals surface area contributed by atoms with E-state index < -0.39 is 0 Å². The summed E-state index contributed by atoms with van der Waals surface area (Å²) < 4.78 is 6.08. The first-order chi connectivity index (χ1) is 14.0. The Morgan fingerprint density at radius 2 is 1.97 bits per heavy atom.